The van der Waals surface area contributed by atoms with E-state index in [2.05, 4.69) is 24.1 Å². The monoisotopic (exact) mass is 421 g/mol. The van der Waals surface area contributed by atoms with Crippen LogP contribution in [0.1, 0.15) is 56.3 Å². The Morgan fingerprint density at radius 2 is 1.66 bits per heavy atom. The molecule has 2 fully saturated rings. The molecule has 2 atom stereocenters. The number of rotatable bonds is 7. The lowest BCUT2D eigenvalue weighted by atomic mass is 9.94. The fourth-order valence-electron chi connectivity index (χ4n) is 4.52. The Morgan fingerprint density at radius 1 is 1.03 bits per heavy atom. The van der Waals surface area contributed by atoms with E-state index in [-0.39, 0.29) is 10.8 Å². The highest BCUT2D eigenvalue weighted by Gasteiger charge is 2.31. The number of hydrogen-bond acceptors (Lipinski definition) is 4. The number of benzene rings is 1. The minimum atomic E-state index is -3.51. The first kappa shape index (κ1) is 22.2. The van der Waals surface area contributed by atoms with Gasteiger partial charge in [-0.2, -0.15) is 4.31 Å². The molecule has 0 spiro atoms. The van der Waals surface area contributed by atoms with Crippen LogP contribution in [-0.4, -0.2) is 62.8 Å². The van der Waals surface area contributed by atoms with E-state index in [1.54, 1.807) is 28.6 Å². The van der Waals surface area contributed by atoms with Gasteiger partial charge in [0.1, 0.15) is 0 Å². The fraction of sp³-hybridized carbons (Fsp3) is 0.682. The summed E-state index contributed by atoms with van der Waals surface area (Å²) in [6.45, 7) is 9.30. The maximum absolute atomic E-state index is 12.9. The molecule has 1 aromatic rings. The molecule has 6 nitrogen and oxygen atoms in total. The van der Waals surface area contributed by atoms with Crippen LogP contribution in [0.15, 0.2) is 29.2 Å². The van der Waals surface area contributed by atoms with Gasteiger partial charge >= 0.3 is 0 Å². The first-order valence-corrected chi connectivity index (χ1v) is 12.4. The van der Waals surface area contributed by atoms with Gasteiger partial charge in [-0.15, -0.1) is 0 Å². The SMILES string of the molecule is CC1CC(C)CN(S(=O)(=O)c2ccc(C(=O)NCCCN3CCCCC3)cc2)C1. The summed E-state index contributed by atoms with van der Waals surface area (Å²) in [6.07, 6.45) is 5.87. The number of carbonyl (C=O) groups is 1. The molecule has 7 heteroatoms. The maximum atomic E-state index is 12.9. The zero-order chi connectivity index (χ0) is 20.9. The molecule has 2 aliphatic rings. The summed E-state index contributed by atoms with van der Waals surface area (Å²) in [5, 5.41) is 2.95. The minimum Gasteiger partial charge on any atom is -0.352 e. The molecule has 0 saturated carbocycles. The van der Waals surface area contributed by atoms with Crippen LogP contribution in [0.2, 0.25) is 0 Å². The second kappa shape index (κ2) is 10.0. The van der Waals surface area contributed by atoms with Crippen molar-refractivity contribution in [3.63, 3.8) is 0 Å². The molecular formula is C22H35N3O3S. The second-order valence-corrected chi connectivity index (χ2v) is 10.7. The molecule has 1 N–H and O–H groups in total. The van der Waals surface area contributed by atoms with Crippen LogP contribution in [0.3, 0.4) is 0 Å². The molecule has 29 heavy (non-hydrogen) atoms. The summed E-state index contributed by atoms with van der Waals surface area (Å²) in [5.74, 6) is 0.583. The van der Waals surface area contributed by atoms with Crippen molar-refractivity contribution in [2.75, 3.05) is 39.3 Å². The number of carbonyl (C=O) groups excluding carboxylic acids is 1. The van der Waals surface area contributed by atoms with Crippen LogP contribution in [0, 0.1) is 11.8 Å². The van der Waals surface area contributed by atoms with Gasteiger partial charge in [0.05, 0.1) is 4.90 Å². The quantitative estimate of drug-likeness (QED) is 0.687. The average molecular weight is 422 g/mol. The summed E-state index contributed by atoms with van der Waals surface area (Å²) < 4.78 is 27.5. The van der Waals surface area contributed by atoms with Gasteiger partial charge < -0.3 is 10.2 Å². The highest BCUT2D eigenvalue weighted by Crippen LogP contribution is 2.26. The molecule has 0 aromatic heterocycles. The second-order valence-electron chi connectivity index (χ2n) is 8.80. The van der Waals surface area contributed by atoms with Gasteiger partial charge in [0, 0.05) is 25.2 Å². The van der Waals surface area contributed by atoms with Gasteiger partial charge in [0.2, 0.25) is 10.0 Å². The van der Waals surface area contributed by atoms with Crippen molar-refractivity contribution in [1.29, 1.82) is 0 Å². The van der Waals surface area contributed by atoms with Crippen molar-refractivity contribution in [3.05, 3.63) is 29.8 Å². The van der Waals surface area contributed by atoms with Gasteiger partial charge in [-0.3, -0.25) is 4.79 Å². The number of likely N-dealkylation sites (tertiary alicyclic amines) is 1. The number of sulfonamides is 1. The van der Waals surface area contributed by atoms with Crippen molar-refractivity contribution < 1.29 is 13.2 Å². The Kier molecular flexibility index (Phi) is 7.71. The van der Waals surface area contributed by atoms with Gasteiger partial charge in [0.25, 0.3) is 5.91 Å². The van der Waals surface area contributed by atoms with Crippen LogP contribution in [0.25, 0.3) is 0 Å². The first-order chi connectivity index (χ1) is 13.9. The third-order valence-corrected chi connectivity index (χ3v) is 7.82. The molecular weight excluding hydrogens is 386 g/mol. The molecule has 1 amide bonds. The van der Waals surface area contributed by atoms with Crippen molar-refractivity contribution >= 4 is 15.9 Å². The number of nitrogens with zero attached hydrogens (tertiary/aromatic N) is 2. The van der Waals surface area contributed by atoms with Gasteiger partial charge in [0.15, 0.2) is 0 Å². The molecule has 0 bridgehead atoms. The zero-order valence-electron chi connectivity index (χ0n) is 17.8. The summed E-state index contributed by atoms with van der Waals surface area (Å²) in [6, 6.07) is 6.34. The first-order valence-electron chi connectivity index (χ1n) is 11.0. The Labute approximate surface area is 175 Å². The smallest absolute Gasteiger partial charge is 0.251 e. The Morgan fingerprint density at radius 3 is 2.28 bits per heavy atom. The van der Waals surface area contributed by atoms with Crippen LogP contribution in [-0.2, 0) is 10.0 Å². The van der Waals surface area contributed by atoms with E-state index in [0.717, 1.165) is 19.4 Å². The van der Waals surface area contributed by atoms with Gasteiger partial charge in [-0.1, -0.05) is 20.3 Å². The van der Waals surface area contributed by atoms with Crippen molar-refractivity contribution in [3.8, 4) is 0 Å². The Balaban J connectivity index is 1.51. The normalized spacial score (nSPS) is 24.3. The summed E-state index contributed by atoms with van der Waals surface area (Å²) >= 11 is 0. The maximum Gasteiger partial charge on any atom is 0.251 e. The Hall–Kier alpha value is -1.44. The highest BCUT2D eigenvalue weighted by atomic mass is 32.2. The highest BCUT2D eigenvalue weighted by molar-refractivity contribution is 7.89. The molecule has 162 valence electrons. The molecule has 0 aliphatic carbocycles. The molecule has 2 saturated heterocycles. The minimum absolute atomic E-state index is 0.146. The van der Waals surface area contributed by atoms with E-state index in [1.165, 1.54) is 32.4 Å². The predicted molar refractivity (Wildman–Crippen MR) is 115 cm³/mol. The van der Waals surface area contributed by atoms with Crippen molar-refractivity contribution in [2.45, 2.75) is 50.8 Å². The van der Waals surface area contributed by atoms with Crippen LogP contribution < -0.4 is 5.32 Å². The number of piperidine rings is 2. The van der Waals surface area contributed by atoms with Gasteiger partial charge in [-0.05, 0) is 81.4 Å². The number of hydrogen-bond donors (Lipinski definition) is 1. The summed E-state index contributed by atoms with van der Waals surface area (Å²) in [4.78, 5) is 15.1. The predicted octanol–water partition coefficient (Wildman–Crippen LogP) is 2.96. The van der Waals surface area contributed by atoms with Crippen molar-refractivity contribution in [2.24, 2.45) is 11.8 Å². The van der Waals surface area contributed by atoms with E-state index < -0.39 is 10.0 Å². The fourth-order valence-corrected chi connectivity index (χ4v) is 6.20. The molecule has 2 heterocycles. The molecule has 0 radical (unpaired) electrons. The van der Waals surface area contributed by atoms with E-state index in [4.69, 9.17) is 0 Å². The lowest BCUT2D eigenvalue weighted by Crippen LogP contribution is -2.42. The molecule has 2 unspecified atom stereocenters. The van der Waals surface area contributed by atoms with Gasteiger partial charge in [-0.25, -0.2) is 8.42 Å². The van der Waals surface area contributed by atoms with E-state index in [0.29, 0.717) is 37.0 Å². The topological polar surface area (TPSA) is 69.7 Å². The zero-order valence-corrected chi connectivity index (χ0v) is 18.6. The lowest BCUT2D eigenvalue weighted by molar-refractivity contribution is 0.0951. The number of nitrogens with one attached hydrogen (secondary N) is 1. The Bertz CT molecular complexity index is 763. The van der Waals surface area contributed by atoms with Crippen LogP contribution in [0.5, 0.6) is 0 Å². The van der Waals surface area contributed by atoms with E-state index >= 15 is 0 Å². The summed E-state index contributed by atoms with van der Waals surface area (Å²) in [5.41, 5.74) is 0.502. The standard InChI is InChI=1S/C22H35N3O3S/c1-18-15-19(2)17-25(16-18)29(27,28)21-9-7-20(8-10-21)22(26)23-11-6-14-24-12-4-3-5-13-24/h7-10,18-19H,3-6,11-17H2,1-2H3,(H,23,26). The van der Waals surface area contributed by atoms with E-state index in [1.807, 2.05) is 0 Å². The third-order valence-electron chi connectivity index (χ3n) is 5.97. The molecule has 3 rings (SSSR count). The molecule has 1 aromatic carbocycles. The average Bonchev–Trinajstić information content (AvgIpc) is 2.71. The molecule has 2 aliphatic heterocycles. The van der Waals surface area contributed by atoms with Crippen molar-refractivity contribution in [1.82, 2.24) is 14.5 Å². The number of amides is 1. The largest absolute Gasteiger partial charge is 0.352 e. The van der Waals surface area contributed by atoms with Crippen LogP contribution >= 0.6 is 0 Å². The van der Waals surface area contributed by atoms with Crippen LogP contribution in [0.4, 0.5) is 0 Å². The summed E-state index contributed by atoms with van der Waals surface area (Å²) in [7, 11) is -3.51. The lowest BCUT2D eigenvalue weighted by Gasteiger charge is -2.34. The van der Waals surface area contributed by atoms with E-state index in [9.17, 15) is 13.2 Å². The third kappa shape index (κ3) is 6.03.